The summed E-state index contributed by atoms with van der Waals surface area (Å²) in [7, 11) is 0. The Balaban J connectivity index is 2.41. The zero-order valence-corrected chi connectivity index (χ0v) is 11.1. The van der Waals surface area contributed by atoms with Gasteiger partial charge in [0.25, 0.3) is 0 Å². The van der Waals surface area contributed by atoms with Gasteiger partial charge >= 0.3 is 0 Å². The molecule has 1 aromatic rings. The third-order valence-corrected chi connectivity index (χ3v) is 3.03. The average Bonchev–Trinajstić information content (AvgIpc) is 2.34. The Bertz CT molecular complexity index is 367. The van der Waals surface area contributed by atoms with Crippen LogP contribution in [-0.2, 0) is 0 Å². The Morgan fingerprint density at radius 2 is 2.24 bits per heavy atom. The Kier molecular flexibility index (Phi) is 6.77. The van der Waals surface area contributed by atoms with E-state index in [1.54, 1.807) is 0 Å². The number of hydrogen-bond donors (Lipinski definition) is 1. The lowest BCUT2D eigenvalue weighted by Gasteiger charge is -2.17. The molecule has 0 unspecified atom stereocenters. The molecule has 92 valence electrons. The fourth-order valence-electron chi connectivity index (χ4n) is 1.85. The molecule has 0 spiro atoms. The van der Waals surface area contributed by atoms with E-state index in [1.165, 1.54) is 5.56 Å². The van der Waals surface area contributed by atoms with Gasteiger partial charge in [0.2, 0.25) is 0 Å². The number of halogens is 1. The molecule has 0 amide bonds. The lowest BCUT2D eigenvalue weighted by molar-refractivity contribution is 0.505. The highest BCUT2D eigenvalue weighted by Crippen LogP contribution is 2.20. The van der Waals surface area contributed by atoms with Gasteiger partial charge in [0.1, 0.15) is 0 Å². The molecular formula is C15H20ClN. The zero-order valence-electron chi connectivity index (χ0n) is 10.4. The van der Waals surface area contributed by atoms with E-state index in [4.69, 9.17) is 18.0 Å². The molecule has 0 heterocycles. The largest absolute Gasteiger partial charge is 0.310 e. The molecule has 0 bridgehead atoms. The van der Waals surface area contributed by atoms with Crippen LogP contribution in [0.15, 0.2) is 24.3 Å². The number of hydrogen-bond acceptors (Lipinski definition) is 1. The third kappa shape index (κ3) is 5.26. The molecule has 0 aliphatic rings. The topological polar surface area (TPSA) is 12.0 Å². The summed E-state index contributed by atoms with van der Waals surface area (Å²) in [5.41, 5.74) is 1.26. The van der Waals surface area contributed by atoms with E-state index in [9.17, 15) is 0 Å². The SMILES string of the molecule is C#CCCCCN[C@H](CC)c1cccc(Cl)c1. The summed E-state index contributed by atoms with van der Waals surface area (Å²) in [5, 5.41) is 4.35. The Morgan fingerprint density at radius 1 is 1.41 bits per heavy atom. The second-order valence-corrected chi connectivity index (χ2v) is 4.57. The quantitative estimate of drug-likeness (QED) is 0.565. The third-order valence-electron chi connectivity index (χ3n) is 2.80. The van der Waals surface area contributed by atoms with Gasteiger partial charge in [-0.1, -0.05) is 30.7 Å². The van der Waals surface area contributed by atoms with Crippen LogP contribution in [0, 0.1) is 12.3 Å². The van der Waals surface area contributed by atoms with Crippen molar-refractivity contribution in [3.8, 4) is 12.3 Å². The second kappa shape index (κ2) is 8.17. The summed E-state index contributed by atoms with van der Waals surface area (Å²) in [5.74, 6) is 2.66. The van der Waals surface area contributed by atoms with Crippen molar-refractivity contribution in [2.45, 2.75) is 38.6 Å². The summed E-state index contributed by atoms with van der Waals surface area (Å²) in [6.07, 6.45) is 9.37. The number of rotatable bonds is 7. The van der Waals surface area contributed by atoms with Crippen molar-refractivity contribution in [2.24, 2.45) is 0 Å². The van der Waals surface area contributed by atoms with E-state index in [0.717, 1.165) is 37.3 Å². The number of nitrogens with one attached hydrogen (secondary N) is 1. The van der Waals surface area contributed by atoms with Crippen LogP contribution in [0.25, 0.3) is 0 Å². The van der Waals surface area contributed by atoms with Crippen molar-refractivity contribution in [3.05, 3.63) is 34.9 Å². The van der Waals surface area contributed by atoms with Crippen LogP contribution in [0.1, 0.15) is 44.2 Å². The van der Waals surface area contributed by atoms with Crippen molar-refractivity contribution < 1.29 is 0 Å². The molecule has 0 saturated carbocycles. The predicted molar refractivity (Wildman–Crippen MR) is 75.2 cm³/mol. The Morgan fingerprint density at radius 3 is 2.88 bits per heavy atom. The van der Waals surface area contributed by atoms with Crippen molar-refractivity contribution in [3.63, 3.8) is 0 Å². The summed E-state index contributed by atoms with van der Waals surface area (Å²) in [6.45, 7) is 3.19. The predicted octanol–water partition coefficient (Wildman–Crippen LogP) is 4.18. The standard InChI is InChI=1S/C15H20ClN/c1-3-5-6-7-11-17-15(4-2)13-9-8-10-14(16)12-13/h1,8-10,12,15,17H,4-7,11H2,2H3/t15-/m1/s1. The van der Waals surface area contributed by atoms with Gasteiger partial charge in [-0.15, -0.1) is 12.3 Å². The monoisotopic (exact) mass is 249 g/mol. The van der Waals surface area contributed by atoms with E-state index >= 15 is 0 Å². The van der Waals surface area contributed by atoms with Crippen LogP contribution < -0.4 is 5.32 Å². The molecular weight excluding hydrogens is 230 g/mol. The summed E-state index contributed by atoms with van der Waals surface area (Å²) < 4.78 is 0. The smallest absolute Gasteiger partial charge is 0.0409 e. The zero-order chi connectivity index (χ0) is 12.5. The molecule has 0 aliphatic heterocycles. The molecule has 1 nitrogen and oxygen atoms in total. The highest BCUT2D eigenvalue weighted by molar-refractivity contribution is 6.30. The van der Waals surface area contributed by atoms with Crippen molar-refractivity contribution in [1.82, 2.24) is 5.32 Å². The van der Waals surface area contributed by atoms with Crippen molar-refractivity contribution >= 4 is 11.6 Å². The fraction of sp³-hybridized carbons (Fsp3) is 0.467. The minimum atomic E-state index is 0.388. The first-order chi connectivity index (χ1) is 8.27. The fourth-order valence-corrected chi connectivity index (χ4v) is 2.05. The Labute approximate surface area is 110 Å². The highest BCUT2D eigenvalue weighted by atomic mass is 35.5. The lowest BCUT2D eigenvalue weighted by atomic mass is 10.0. The van der Waals surface area contributed by atoms with Gasteiger partial charge in [0.15, 0.2) is 0 Å². The number of unbranched alkanes of at least 4 members (excludes halogenated alkanes) is 2. The molecule has 0 fully saturated rings. The van der Waals surface area contributed by atoms with Crippen molar-refractivity contribution in [1.29, 1.82) is 0 Å². The molecule has 0 aromatic heterocycles. The molecule has 17 heavy (non-hydrogen) atoms. The van der Waals surface area contributed by atoms with Gasteiger partial charge in [-0.05, 0) is 43.5 Å². The highest BCUT2D eigenvalue weighted by Gasteiger charge is 2.07. The Hall–Kier alpha value is -0.970. The molecule has 2 heteroatoms. The van der Waals surface area contributed by atoms with Crippen LogP contribution in [0.2, 0.25) is 5.02 Å². The molecule has 1 aromatic carbocycles. The van der Waals surface area contributed by atoms with Gasteiger partial charge in [-0.3, -0.25) is 0 Å². The van der Waals surface area contributed by atoms with Crippen LogP contribution in [-0.4, -0.2) is 6.54 Å². The summed E-state index contributed by atoms with van der Waals surface area (Å²) in [4.78, 5) is 0. The summed E-state index contributed by atoms with van der Waals surface area (Å²) in [6, 6.07) is 8.45. The maximum absolute atomic E-state index is 6.00. The lowest BCUT2D eigenvalue weighted by Crippen LogP contribution is -2.21. The number of terminal acetylenes is 1. The maximum atomic E-state index is 6.00. The second-order valence-electron chi connectivity index (χ2n) is 4.13. The molecule has 1 N–H and O–H groups in total. The van der Waals surface area contributed by atoms with Crippen molar-refractivity contribution in [2.75, 3.05) is 6.54 Å². The van der Waals surface area contributed by atoms with Crippen LogP contribution in [0.5, 0.6) is 0 Å². The van der Waals surface area contributed by atoms with Gasteiger partial charge in [0.05, 0.1) is 0 Å². The van der Waals surface area contributed by atoms with E-state index in [2.05, 4.69) is 24.2 Å². The van der Waals surface area contributed by atoms with Gasteiger partial charge in [-0.2, -0.15) is 0 Å². The normalized spacial score (nSPS) is 12.1. The van der Waals surface area contributed by atoms with E-state index in [-0.39, 0.29) is 0 Å². The van der Waals surface area contributed by atoms with Crippen LogP contribution in [0.3, 0.4) is 0 Å². The minimum absolute atomic E-state index is 0.388. The molecule has 0 radical (unpaired) electrons. The average molecular weight is 250 g/mol. The first kappa shape index (κ1) is 14.1. The maximum Gasteiger partial charge on any atom is 0.0409 e. The van der Waals surface area contributed by atoms with Crippen LogP contribution in [0.4, 0.5) is 0 Å². The minimum Gasteiger partial charge on any atom is -0.310 e. The van der Waals surface area contributed by atoms with E-state index in [1.807, 2.05) is 18.2 Å². The van der Waals surface area contributed by atoms with Gasteiger partial charge in [-0.25, -0.2) is 0 Å². The molecule has 0 aliphatic carbocycles. The van der Waals surface area contributed by atoms with Gasteiger partial charge in [0, 0.05) is 17.5 Å². The van der Waals surface area contributed by atoms with Gasteiger partial charge < -0.3 is 5.32 Å². The number of benzene rings is 1. The first-order valence-electron chi connectivity index (χ1n) is 6.20. The first-order valence-corrected chi connectivity index (χ1v) is 6.58. The molecule has 0 saturated heterocycles. The van der Waals surface area contributed by atoms with E-state index in [0.29, 0.717) is 6.04 Å². The van der Waals surface area contributed by atoms with Crippen LogP contribution >= 0.6 is 11.6 Å². The molecule has 1 atom stereocenters. The summed E-state index contributed by atoms with van der Waals surface area (Å²) >= 11 is 6.00. The molecule has 1 rings (SSSR count). The van der Waals surface area contributed by atoms with E-state index < -0.39 is 0 Å².